The number of aliphatic carboxylic acids is 1. The first kappa shape index (κ1) is 12.6. The van der Waals surface area contributed by atoms with Crippen molar-refractivity contribution in [2.45, 2.75) is 38.5 Å². The summed E-state index contributed by atoms with van der Waals surface area (Å²) < 4.78 is 1.04. The lowest BCUT2D eigenvalue weighted by molar-refractivity contribution is -0.140. The third kappa shape index (κ3) is 2.71. The molecule has 1 atom stereocenters. The maximum Gasteiger partial charge on any atom is 0.311 e. The molecule has 1 N–H and O–H groups in total. The van der Waals surface area contributed by atoms with E-state index in [1.807, 2.05) is 25.1 Å². The second-order valence-corrected chi connectivity index (χ2v) is 5.72. The SMILES string of the molecule is Cc1cc([C@H](C(=O)O)C2CCCC2)ccc1Br. The molecule has 0 aliphatic heterocycles. The molecule has 0 saturated heterocycles. The van der Waals surface area contributed by atoms with Gasteiger partial charge in [-0.05, 0) is 42.9 Å². The standard InChI is InChI=1S/C14H17BrO2/c1-9-8-11(6-7-12(9)15)13(14(16)17)10-4-2-3-5-10/h6-8,10,13H,2-5H2,1H3,(H,16,17)/t13-/m1/s1. The minimum absolute atomic E-state index is 0.313. The fraction of sp³-hybridized carbons (Fsp3) is 0.500. The Morgan fingerprint density at radius 1 is 1.41 bits per heavy atom. The third-order valence-corrected chi connectivity index (χ3v) is 4.57. The van der Waals surface area contributed by atoms with Crippen LogP contribution in [0.5, 0.6) is 0 Å². The zero-order chi connectivity index (χ0) is 12.4. The highest BCUT2D eigenvalue weighted by Crippen LogP contribution is 2.38. The van der Waals surface area contributed by atoms with Gasteiger partial charge in [-0.15, -0.1) is 0 Å². The highest BCUT2D eigenvalue weighted by atomic mass is 79.9. The summed E-state index contributed by atoms with van der Waals surface area (Å²) in [5.41, 5.74) is 2.05. The Bertz CT molecular complexity index is 422. The van der Waals surface area contributed by atoms with Gasteiger partial charge < -0.3 is 5.11 Å². The summed E-state index contributed by atoms with van der Waals surface area (Å²) in [6.45, 7) is 2.00. The number of carbonyl (C=O) groups is 1. The van der Waals surface area contributed by atoms with E-state index >= 15 is 0 Å². The first-order valence-electron chi connectivity index (χ1n) is 6.08. The Labute approximate surface area is 110 Å². The molecule has 1 aromatic rings. The Hall–Kier alpha value is -0.830. The Balaban J connectivity index is 2.31. The lowest BCUT2D eigenvalue weighted by Gasteiger charge is -2.20. The molecule has 1 aliphatic rings. The molecule has 1 aliphatic carbocycles. The summed E-state index contributed by atoms with van der Waals surface area (Å²) in [5, 5.41) is 9.44. The van der Waals surface area contributed by atoms with Crippen LogP contribution in [0.25, 0.3) is 0 Å². The van der Waals surface area contributed by atoms with Gasteiger partial charge >= 0.3 is 5.97 Å². The van der Waals surface area contributed by atoms with Crippen LogP contribution >= 0.6 is 15.9 Å². The number of carboxylic acids is 1. The average Bonchev–Trinajstić information content (AvgIpc) is 2.76. The molecule has 2 nitrogen and oxygen atoms in total. The van der Waals surface area contributed by atoms with E-state index < -0.39 is 5.97 Å². The summed E-state index contributed by atoms with van der Waals surface area (Å²) in [6, 6.07) is 5.89. The van der Waals surface area contributed by atoms with Crippen LogP contribution in [0.15, 0.2) is 22.7 Å². The molecule has 0 amide bonds. The topological polar surface area (TPSA) is 37.3 Å². The Kier molecular flexibility index (Phi) is 3.87. The van der Waals surface area contributed by atoms with Gasteiger partial charge in [0.05, 0.1) is 5.92 Å². The van der Waals surface area contributed by atoms with Crippen molar-refractivity contribution in [3.8, 4) is 0 Å². The minimum Gasteiger partial charge on any atom is -0.481 e. The molecular weight excluding hydrogens is 280 g/mol. The fourth-order valence-electron chi connectivity index (χ4n) is 2.77. The maximum absolute atomic E-state index is 11.5. The maximum atomic E-state index is 11.5. The smallest absolute Gasteiger partial charge is 0.311 e. The first-order chi connectivity index (χ1) is 8.09. The van der Waals surface area contributed by atoms with E-state index in [-0.39, 0.29) is 5.92 Å². The number of hydrogen-bond donors (Lipinski definition) is 1. The molecule has 17 heavy (non-hydrogen) atoms. The molecule has 0 heterocycles. The highest BCUT2D eigenvalue weighted by molar-refractivity contribution is 9.10. The molecule has 1 saturated carbocycles. The summed E-state index contributed by atoms with van der Waals surface area (Å²) >= 11 is 3.45. The zero-order valence-electron chi connectivity index (χ0n) is 9.95. The quantitative estimate of drug-likeness (QED) is 0.911. The van der Waals surface area contributed by atoms with Crippen LogP contribution in [0, 0.1) is 12.8 Å². The van der Waals surface area contributed by atoms with Gasteiger partial charge in [0.2, 0.25) is 0 Å². The normalized spacial score (nSPS) is 18.2. The predicted octanol–water partition coefficient (Wildman–Crippen LogP) is 4.12. The molecule has 1 aromatic carbocycles. The second-order valence-electron chi connectivity index (χ2n) is 4.87. The first-order valence-corrected chi connectivity index (χ1v) is 6.87. The van der Waals surface area contributed by atoms with E-state index in [0.29, 0.717) is 5.92 Å². The van der Waals surface area contributed by atoms with Crippen LogP contribution in [-0.2, 0) is 4.79 Å². The van der Waals surface area contributed by atoms with E-state index in [1.54, 1.807) is 0 Å². The Morgan fingerprint density at radius 3 is 2.59 bits per heavy atom. The van der Waals surface area contributed by atoms with Gasteiger partial charge in [0.25, 0.3) is 0 Å². The van der Waals surface area contributed by atoms with Crippen molar-refractivity contribution < 1.29 is 9.90 Å². The van der Waals surface area contributed by atoms with Gasteiger partial charge in [-0.25, -0.2) is 0 Å². The highest BCUT2D eigenvalue weighted by Gasteiger charge is 2.31. The lowest BCUT2D eigenvalue weighted by Crippen LogP contribution is -2.19. The molecule has 0 spiro atoms. The monoisotopic (exact) mass is 296 g/mol. The molecule has 0 unspecified atom stereocenters. The third-order valence-electron chi connectivity index (χ3n) is 3.68. The van der Waals surface area contributed by atoms with Crippen molar-refractivity contribution in [3.05, 3.63) is 33.8 Å². The predicted molar refractivity (Wildman–Crippen MR) is 71.2 cm³/mol. The van der Waals surface area contributed by atoms with Crippen molar-refractivity contribution in [2.24, 2.45) is 5.92 Å². The Morgan fingerprint density at radius 2 is 2.06 bits per heavy atom. The zero-order valence-corrected chi connectivity index (χ0v) is 11.5. The van der Waals surface area contributed by atoms with Crippen molar-refractivity contribution in [1.82, 2.24) is 0 Å². The van der Waals surface area contributed by atoms with E-state index in [0.717, 1.165) is 28.4 Å². The van der Waals surface area contributed by atoms with Crippen molar-refractivity contribution in [2.75, 3.05) is 0 Å². The van der Waals surface area contributed by atoms with Crippen LogP contribution in [-0.4, -0.2) is 11.1 Å². The lowest BCUT2D eigenvalue weighted by atomic mass is 9.84. The number of halogens is 1. The molecule has 3 heteroatoms. The van der Waals surface area contributed by atoms with Crippen LogP contribution < -0.4 is 0 Å². The molecule has 0 bridgehead atoms. The van der Waals surface area contributed by atoms with Crippen molar-refractivity contribution in [3.63, 3.8) is 0 Å². The van der Waals surface area contributed by atoms with Gasteiger partial charge in [-0.1, -0.05) is 40.9 Å². The number of carboxylic acid groups (broad SMARTS) is 1. The van der Waals surface area contributed by atoms with Crippen LogP contribution in [0.1, 0.15) is 42.7 Å². The molecule has 0 aromatic heterocycles. The van der Waals surface area contributed by atoms with Crippen LogP contribution in [0.3, 0.4) is 0 Å². The number of benzene rings is 1. The molecular formula is C14H17BrO2. The van der Waals surface area contributed by atoms with Gasteiger partial charge in [0.15, 0.2) is 0 Å². The fourth-order valence-corrected chi connectivity index (χ4v) is 3.02. The molecule has 2 rings (SSSR count). The van der Waals surface area contributed by atoms with Gasteiger partial charge in [-0.3, -0.25) is 4.79 Å². The van der Waals surface area contributed by atoms with E-state index in [4.69, 9.17) is 0 Å². The summed E-state index contributed by atoms with van der Waals surface area (Å²) in [5.74, 6) is -0.698. The summed E-state index contributed by atoms with van der Waals surface area (Å²) in [6.07, 6.45) is 4.44. The largest absolute Gasteiger partial charge is 0.481 e. The van der Waals surface area contributed by atoms with Gasteiger partial charge in [0.1, 0.15) is 0 Å². The van der Waals surface area contributed by atoms with Gasteiger partial charge in [-0.2, -0.15) is 0 Å². The van der Waals surface area contributed by atoms with Gasteiger partial charge in [0, 0.05) is 4.47 Å². The number of aryl methyl sites for hydroxylation is 1. The van der Waals surface area contributed by atoms with E-state index in [1.165, 1.54) is 12.8 Å². The van der Waals surface area contributed by atoms with E-state index in [9.17, 15) is 9.90 Å². The number of rotatable bonds is 3. The molecule has 92 valence electrons. The number of hydrogen-bond acceptors (Lipinski definition) is 1. The van der Waals surface area contributed by atoms with Crippen molar-refractivity contribution >= 4 is 21.9 Å². The van der Waals surface area contributed by atoms with Crippen molar-refractivity contribution in [1.29, 1.82) is 0 Å². The molecule has 1 fully saturated rings. The minimum atomic E-state index is -0.682. The average molecular weight is 297 g/mol. The van der Waals surface area contributed by atoms with Crippen LogP contribution in [0.4, 0.5) is 0 Å². The molecule has 0 radical (unpaired) electrons. The summed E-state index contributed by atoms with van der Waals surface area (Å²) in [4.78, 5) is 11.5. The second kappa shape index (κ2) is 5.21. The summed E-state index contributed by atoms with van der Waals surface area (Å²) in [7, 11) is 0. The van der Waals surface area contributed by atoms with Crippen LogP contribution in [0.2, 0.25) is 0 Å². The van der Waals surface area contributed by atoms with E-state index in [2.05, 4.69) is 15.9 Å².